The molecule has 16 heavy (non-hydrogen) atoms. The van der Waals surface area contributed by atoms with Gasteiger partial charge >= 0.3 is 5.97 Å². The third-order valence-electron chi connectivity index (χ3n) is 1.90. The van der Waals surface area contributed by atoms with Crippen molar-refractivity contribution in [3.63, 3.8) is 0 Å². The number of carbonyl (C=O) groups excluding carboxylic acids is 1. The summed E-state index contributed by atoms with van der Waals surface area (Å²) < 4.78 is 9.70. The number of methoxy groups -OCH3 is 1. The molecule has 1 N–H and O–H groups in total. The second kappa shape index (κ2) is 5.80. The van der Waals surface area contributed by atoms with Crippen molar-refractivity contribution in [1.29, 1.82) is 0 Å². The average Bonchev–Trinajstić information content (AvgIpc) is 2.26. The highest BCUT2D eigenvalue weighted by molar-refractivity contribution is 5.66. The number of aromatic hydroxyl groups is 1. The largest absolute Gasteiger partial charge is 0.504 e. The van der Waals surface area contributed by atoms with E-state index in [0.29, 0.717) is 5.75 Å². The lowest BCUT2D eigenvalue weighted by Gasteiger charge is -2.03. The quantitative estimate of drug-likeness (QED) is 0.791. The molecule has 1 rings (SSSR count). The van der Waals surface area contributed by atoms with E-state index in [2.05, 4.69) is 0 Å². The standard InChI is InChI=1S/C12H14O4/c1-9(13)16-7-3-4-10-5-6-11(14)12(8-10)15-2/h3-6,8,14H,7H2,1-2H3/b4-3+. The van der Waals surface area contributed by atoms with Crippen molar-refractivity contribution in [2.24, 2.45) is 0 Å². The Labute approximate surface area is 94.1 Å². The average molecular weight is 222 g/mol. The van der Waals surface area contributed by atoms with Crippen molar-refractivity contribution in [3.8, 4) is 11.5 Å². The summed E-state index contributed by atoms with van der Waals surface area (Å²) in [5.41, 5.74) is 0.863. The Morgan fingerprint density at radius 3 is 2.88 bits per heavy atom. The normalized spacial score (nSPS) is 10.4. The van der Waals surface area contributed by atoms with Gasteiger partial charge in [0.05, 0.1) is 7.11 Å². The molecule has 1 aromatic carbocycles. The summed E-state index contributed by atoms with van der Waals surface area (Å²) in [5.74, 6) is 0.196. The van der Waals surface area contributed by atoms with Crippen LogP contribution >= 0.6 is 0 Å². The minimum absolute atomic E-state index is 0.0969. The third-order valence-corrected chi connectivity index (χ3v) is 1.90. The van der Waals surface area contributed by atoms with Crippen LogP contribution in [0.1, 0.15) is 12.5 Å². The second-order valence-corrected chi connectivity index (χ2v) is 3.14. The number of benzene rings is 1. The van der Waals surface area contributed by atoms with E-state index >= 15 is 0 Å². The number of hydrogen-bond donors (Lipinski definition) is 1. The van der Waals surface area contributed by atoms with Gasteiger partial charge in [0.25, 0.3) is 0 Å². The number of phenols is 1. The monoisotopic (exact) mass is 222 g/mol. The van der Waals surface area contributed by atoms with Crippen molar-refractivity contribution in [2.45, 2.75) is 6.92 Å². The Morgan fingerprint density at radius 1 is 1.50 bits per heavy atom. The molecule has 0 amide bonds. The van der Waals surface area contributed by atoms with Crippen LogP contribution in [0.2, 0.25) is 0 Å². The first kappa shape index (κ1) is 12.1. The summed E-state index contributed by atoms with van der Waals surface area (Å²) in [6.07, 6.45) is 3.50. The Bertz CT molecular complexity index is 396. The Balaban J connectivity index is 2.63. The zero-order chi connectivity index (χ0) is 12.0. The van der Waals surface area contributed by atoms with Crippen LogP contribution in [0.25, 0.3) is 6.08 Å². The lowest BCUT2D eigenvalue weighted by molar-refractivity contribution is -0.139. The molecule has 0 saturated carbocycles. The van der Waals surface area contributed by atoms with Gasteiger partial charge in [-0.1, -0.05) is 12.1 Å². The summed E-state index contributed by atoms with van der Waals surface area (Å²) in [6.45, 7) is 1.59. The van der Waals surface area contributed by atoms with Crippen LogP contribution in [-0.4, -0.2) is 24.8 Å². The molecule has 0 aliphatic heterocycles. The van der Waals surface area contributed by atoms with E-state index < -0.39 is 0 Å². The first-order chi connectivity index (χ1) is 7.63. The number of esters is 1. The summed E-state index contributed by atoms with van der Waals surface area (Å²) in [5, 5.41) is 9.36. The van der Waals surface area contributed by atoms with E-state index in [1.807, 2.05) is 0 Å². The van der Waals surface area contributed by atoms with Gasteiger partial charge in [0, 0.05) is 6.92 Å². The first-order valence-electron chi connectivity index (χ1n) is 4.80. The molecule has 0 radical (unpaired) electrons. The topological polar surface area (TPSA) is 55.8 Å². The van der Waals surface area contributed by atoms with E-state index in [-0.39, 0.29) is 18.3 Å². The minimum atomic E-state index is -0.312. The highest BCUT2D eigenvalue weighted by Crippen LogP contribution is 2.26. The highest BCUT2D eigenvalue weighted by atomic mass is 16.5. The van der Waals surface area contributed by atoms with Crippen LogP contribution in [-0.2, 0) is 9.53 Å². The van der Waals surface area contributed by atoms with Gasteiger partial charge in [-0.3, -0.25) is 4.79 Å². The Morgan fingerprint density at radius 2 is 2.25 bits per heavy atom. The lowest BCUT2D eigenvalue weighted by Crippen LogP contribution is -1.97. The van der Waals surface area contributed by atoms with Crippen LogP contribution in [0.5, 0.6) is 11.5 Å². The van der Waals surface area contributed by atoms with Gasteiger partial charge in [0.15, 0.2) is 11.5 Å². The van der Waals surface area contributed by atoms with Gasteiger partial charge in [-0.25, -0.2) is 0 Å². The summed E-state index contributed by atoms with van der Waals surface area (Å²) in [4.78, 5) is 10.5. The number of ether oxygens (including phenoxy) is 2. The van der Waals surface area contributed by atoms with Crippen LogP contribution in [0, 0.1) is 0 Å². The molecule has 1 aromatic rings. The second-order valence-electron chi connectivity index (χ2n) is 3.14. The Hall–Kier alpha value is -1.97. The van der Waals surface area contributed by atoms with Crippen LogP contribution in [0.3, 0.4) is 0 Å². The number of carbonyl (C=O) groups is 1. The fraction of sp³-hybridized carbons (Fsp3) is 0.250. The van der Waals surface area contributed by atoms with Crippen molar-refractivity contribution in [1.82, 2.24) is 0 Å². The maximum Gasteiger partial charge on any atom is 0.302 e. The Kier molecular flexibility index (Phi) is 4.39. The molecule has 0 spiro atoms. The SMILES string of the molecule is COc1cc(/C=C/COC(C)=O)ccc1O. The van der Waals surface area contributed by atoms with Gasteiger partial charge in [-0.2, -0.15) is 0 Å². The van der Waals surface area contributed by atoms with Crippen LogP contribution in [0.15, 0.2) is 24.3 Å². The third kappa shape index (κ3) is 3.65. The molecule has 0 aromatic heterocycles. The zero-order valence-electron chi connectivity index (χ0n) is 9.27. The zero-order valence-corrected chi connectivity index (χ0v) is 9.27. The van der Waals surface area contributed by atoms with Crippen molar-refractivity contribution < 1.29 is 19.4 Å². The molecule has 0 aliphatic rings. The van der Waals surface area contributed by atoms with Gasteiger partial charge in [-0.05, 0) is 23.8 Å². The van der Waals surface area contributed by atoms with Crippen LogP contribution < -0.4 is 4.74 Å². The predicted molar refractivity (Wildman–Crippen MR) is 60.3 cm³/mol. The van der Waals surface area contributed by atoms with Gasteiger partial charge < -0.3 is 14.6 Å². The van der Waals surface area contributed by atoms with E-state index in [1.165, 1.54) is 14.0 Å². The molecule has 0 aliphatic carbocycles. The van der Waals surface area contributed by atoms with E-state index in [1.54, 1.807) is 30.4 Å². The summed E-state index contributed by atoms with van der Waals surface area (Å²) in [6, 6.07) is 4.98. The molecule has 0 bridgehead atoms. The van der Waals surface area contributed by atoms with Gasteiger partial charge in [0.1, 0.15) is 6.61 Å². The lowest BCUT2D eigenvalue weighted by atomic mass is 10.2. The summed E-state index contributed by atoms with van der Waals surface area (Å²) >= 11 is 0. The van der Waals surface area contributed by atoms with E-state index in [9.17, 15) is 9.90 Å². The fourth-order valence-corrected chi connectivity index (χ4v) is 1.15. The predicted octanol–water partition coefficient (Wildman–Crippen LogP) is 1.98. The molecule has 86 valence electrons. The molecular formula is C12H14O4. The van der Waals surface area contributed by atoms with E-state index in [0.717, 1.165) is 5.56 Å². The van der Waals surface area contributed by atoms with E-state index in [4.69, 9.17) is 9.47 Å². The van der Waals surface area contributed by atoms with Crippen molar-refractivity contribution >= 4 is 12.0 Å². The molecule has 0 atom stereocenters. The fourth-order valence-electron chi connectivity index (χ4n) is 1.15. The van der Waals surface area contributed by atoms with Crippen LogP contribution in [0.4, 0.5) is 0 Å². The molecule has 0 saturated heterocycles. The summed E-state index contributed by atoms with van der Waals surface area (Å²) in [7, 11) is 1.49. The first-order valence-corrected chi connectivity index (χ1v) is 4.80. The van der Waals surface area contributed by atoms with Crippen molar-refractivity contribution in [3.05, 3.63) is 29.8 Å². The molecule has 4 nitrogen and oxygen atoms in total. The number of phenolic OH excluding ortho intramolecular Hbond substituents is 1. The number of hydrogen-bond acceptors (Lipinski definition) is 4. The molecule has 0 fully saturated rings. The molecule has 0 unspecified atom stereocenters. The van der Waals surface area contributed by atoms with Crippen molar-refractivity contribution in [2.75, 3.05) is 13.7 Å². The van der Waals surface area contributed by atoms with Gasteiger partial charge in [0.2, 0.25) is 0 Å². The molecule has 0 heterocycles. The molecule has 4 heteroatoms. The molecular weight excluding hydrogens is 208 g/mol. The maximum atomic E-state index is 10.5. The van der Waals surface area contributed by atoms with Gasteiger partial charge in [-0.15, -0.1) is 0 Å². The highest BCUT2D eigenvalue weighted by Gasteiger charge is 1.99. The number of rotatable bonds is 4. The maximum absolute atomic E-state index is 10.5. The minimum Gasteiger partial charge on any atom is -0.504 e. The smallest absolute Gasteiger partial charge is 0.302 e.